The molecule has 0 radical (unpaired) electrons. The van der Waals surface area contributed by atoms with Crippen LogP contribution >= 0.6 is 0 Å². The van der Waals surface area contributed by atoms with Crippen LogP contribution in [-0.4, -0.2) is 23.1 Å². The molecule has 0 spiro atoms. The molecule has 0 aromatic heterocycles. The van der Waals surface area contributed by atoms with Crippen molar-refractivity contribution in [3.05, 3.63) is 29.3 Å². The molecule has 1 heterocycles. The highest BCUT2D eigenvalue weighted by molar-refractivity contribution is 5.70. The van der Waals surface area contributed by atoms with Gasteiger partial charge in [-0.3, -0.25) is 0 Å². The summed E-state index contributed by atoms with van der Waals surface area (Å²) in [6.07, 6.45) is 0.604. The first kappa shape index (κ1) is 15.7. The third-order valence-corrected chi connectivity index (χ3v) is 3.71. The molecule has 0 saturated carbocycles. The van der Waals surface area contributed by atoms with Crippen molar-refractivity contribution in [1.82, 2.24) is 4.90 Å². The first-order valence-corrected chi connectivity index (χ1v) is 7.57. The molecule has 21 heavy (non-hydrogen) atoms. The number of fused-ring (bicyclic) bond motifs is 1. The van der Waals surface area contributed by atoms with Crippen molar-refractivity contribution >= 4 is 11.8 Å². The van der Waals surface area contributed by atoms with Gasteiger partial charge in [0.25, 0.3) is 0 Å². The topological polar surface area (TPSA) is 55.6 Å². The number of benzene rings is 1. The molecule has 0 bridgehead atoms. The molecule has 0 fully saturated rings. The molecule has 2 rings (SSSR count). The first-order valence-electron chi connectivity index (χ1n) is 7.57. The number of nitrogens with zero attached hydrogens (tertiary/aromatic N) is 1. The zero-order chi connectivity index (χ0) is 15.8. The summed E-state index contributed by atoms with van der Waals surface area (Å²) in [5.41, 5.74) is 8.63. The van der Waals surface area contributed by atoms with Gasteiger partial charge in [0, 0.05) is 12.2 Å². The largest absolute Gasteiger partial charge is 0.444 e. The third-order valence-electron chi connectivity index (χ3n) is 3.71. The van der Waals surface area contributed by atoms with Gasteiger partial charge < -0.3 is 15.4 Å². The van der Waals surface area contributed by atoms with Crippen LogP contribution in [0.5, 0.6) is 0 Å². The molecule has 1 aliphatic heterocycles. The normalized spacial score (nSPS) is 18.6. The van der Waals surface area contributed by atoms with Crippen LogP contribution in [0.2, 0.25) is 0 Å². The predicted molar refractivity (Wildman–Crippen MR) is 85.1 cm³/mol. The summed E-state index contributed by atoms with van der Waals surface area (Å²) in [5, 5.41) is 0. The summed E-state index contributed by atoms with van der Waals surface area (Å²) in [7, 11) is 0. The molecule has 1 aromatic rings. The smallest absolute Gasteiger partial charge is 0.410 e. The van der Waals surface area contributed by atoms with Crippen molar-refractivity contribution in [1.29, 1.82) is 0 Å². The molecular weight excluding hydrogens is 264 g/mol. The fourth-order valence-electron chi connectivity index (χ4n) is 2.91. The van der Waals surface area contributed by atoms with E-state index >= 15 is 0 Å². The lowest BCUT2D eigenvalue weighted by atomic mass is 9.86. The second-order valence-electron chi connectivity index (χ2n) is 7.07. The Hall–Kier alpha value is -1.71. The quantitative estimate of drug-likeness (QED) is 0.801. The average Bonchev–Trinajstić information content (AvgIpc) is 2.34. The van der Waals surface area contributed by atoms with E-state index in [1.54, 1.807) is 0 Å². The summed E-state index contributed by atoms with van der Waals surface area (Å²) >= 11 is 0. The van der Waals surface area contributed by atoms with E-state index in [9.17, 15) is 4.79 Å². The highest BCUT2D eigenvalue weighted by Crippen LogP contribution is 2.37. The number of amides is 1. The Morgan fingerprint density at radius 3 is 2.62 bits per heavy atom. The second kappa shape index (κ2) is 5.58. The van der Waals surface area contributed by atoms with Gasteiger partial charge in [0.15, 0.2) is 0 Å². The van der Waals surface area contributed by atoms with E-state index in [1.165, 1.54) is 5.56 Å². The maximum Gasteiger partial charge on any atom is 0.410 e. The van der Waals surface area contributed by atoms with Crippen molar-refractivity contribution in [2.45, 2.75) is 52.7 Å². The lowest BCUT2D eigenvalue weighted by Crippen LogP contribution is -2.44. The van der Waals surface area contributed by atoms with Crippen LogP contribution in [0.1, 0.15) is 51.8 Å². The zero-order valence-electron chi connectivity index (χ0n) is 13.6. The summed E-state index contributed by atoms with van der Waals surface area (Å²) in [4.78, 5) is 14.3. The third kappa shape index (κ3) is 3.49. The standard InChI is InChI=1S/C17H26N2O2/c1-11(2)15-14-10-13(18)7-6-12(14)8-9-19(15)16(20)21-17(3,4)5/h6-7,10-11,15H,8-9,18H2,1-5H3. The molecule has 4 nitrogen and oxygen atoms in total. The van der Waals surface area contributed by atoms with Crippen molar-refractivity contribution < 1.29 is 9.53 Å². The first-order chi connectivity index (χ1) is 9.69. The Bertz CT molecular complexity index is 532. The molecule has 1 atom stereocenters. The molecule has 2 N–H and O–H groups in total. The van der Waals surface area contributed by atoms with Crippen LogP contribution in [0.15, 0.2) is 18.2 Å². The number of carbonyl (C=O) groups excluding carboxylic acids is 1. The number of ether oxygens (including phenoxy) is 1. The molecule has 0 saturated heterocycles. The van der Waals surface area contributed by atoms with Gasteiger partial charge in [-0.25, -0.2) is 4.79 Å². The number of rotatable bonds is 1. The number of nitrogen functional groups attached to an aromatic ring is 1. The highest BCUT2D eigenvalue weighted by Gasteiger charge is 2.35. The van der Waals surface area contributed by atoms with E-state index in [4.69, 9.17) is 10.5 Å². The Labute approximate surface area is 127 Å². The molecule has 1 aliphatic rings. The fourth-order valence-corrected chi connectivity index (χ4v) is 2.91. The van der Waals surface area contributed by atoms with Crippen molar-refractivity contribution in [3.63, 3.8) is 0 Å². The van der Waals surface area contributed by atoms with E-state index in [1.807, 2.05) is 37.8 Å². The Kier molecular flexibility index (Phi) is 4.17. The lowest BCUT2D eigenvalue weighted by molar-refractivity contribution is 0.00878. The number of anilines is 1. The number of carbonyl (C=O) groups is 1. The fraction of sp³-hybridized carbons (Fsp3) is 0.588. The molecule has 0 aliphatic carbocycles. The summed E-state index contributed by atoms with van der Waals surface area (Å²) < 4.78 is 5.56. The Morgan fingerprint density at radius 2 is 2.05 bits per heavy atom. The van der Waals surface area contributed by atoms with Gasteiger partial charge in [0.05, 0.1) is 6.04 Å². The van der Waals surface area contributed by atoms with Gasteiger partial charge in [-0.1, -0.05) is 19.9 Å². The van der Waals surface area contributed by atoms with Crippen molar-refractivity contribution in [3.8, 4) is 0 Å². The second-order valence-corrected chi connectivity index (χ2v) is 7.07. The molecule has 1 amide bonds. The number of hydrogen-bond donors (Lipinski definition) is 1. The van der Waals surface area contributed by atoms with Gasteiger partial charge in [0.2, 0.25) is 0 Å². The average molecular weight is 290 g/mol. The van der Waals surface area contributed by atoms with E-state index < -0.39 is 5.60 Å². The molecule has 116 valence electrons. The lowest BCUT2D eigenvalue weighted by Gasteiger charge is -2.40. The number of hydrogen-bond acceptors (Lipinski definition) is 3. The summed E-state index contributed by atoms with van der Waals surface area (Å²) in [6.45, 7) is 10.6. The minimum Gasteiger partial charge on any atom is -0.444 e. The summed E-state index contributed by atoms with van der Waals surface area (Å²) in [5.74, 6) is 0.304. The summed E-state index contributed by atoms with van der Waals surface area (Å²) in [6, 6.07) is 6.02. The van der Waals surface area contributed by atoms with Gasteiger partial charge in [-0.05, 0) is 56.4 Å². The molecule has 4 heteroatoms. The number of nitrogens with two attached hydrogens (primary N) is 1. The van der Waals surface area contributed by atoms with Gasteiger partial charge >= 0.3 is 6.09 Å². The SMILES string of the molecule is CC(C)C1c2cc(N)ccc2CCN1C(=O)OC(C)(C)C. The van der Waals surface area contributed by atoms with Crippen LogP contribution < -0.4 is 5.73 Å². The van der Waals surface area contributed by atoms with E-state index in [-0.39, 0.29) is 12.1 Å². The molecule has 1 unspecified atom stereocenters. The maximum atomic E-state index is 12.5. The monoisotopic (exact) mass is 290 g/mol. The molecule has 1 aromatic carbocycles. The minimum atomic E-state index is -0.478. The van der Waals surface area contributed by atoms with Crippen LogP contribution in [0.4, 0.5) is 10.5 Å². The van der Waals surface area contributed by atoms with Gasteiger partial charge in [-0.15, -0.1) is 0 Å². The van der Waals surface area contributed by atoms with Gasteiger partial charge in [0.1, 0.15) is 5.60 Å². The maximum absolute atomic E-state index is 12.5. The van der Waals surface area contributed by atoms with Crippen LogP contribution in [0.3, 0.4) is 0 Å². The van der Waals surface area contributed by atoms with Crippen LogP contribution in [0.25, 0.3) is 0 Å². The minimum absolute atomic E-state index is 0.0205. The van der Waals surface area contributed by atoms with E-state index in [0.29, 0.717) is 12.5 Å². The molecular formula is C17H26N2O2. The van der Waals surface area contributed by atoms with Crippen molar-refractivity contribution in [2.75, 3.05) is 12.3 Å². The Morgan fingerprint density at radius 1 is 1.38 bits per heavy atom. The van der Waals surface area contributed by atoms with Crippen molar-refractivity contribution in [2.24, 2.45) is 5.92 Å². The van der Waals surface area contributed by atoms with Gasteiger partial charge in [-0.2, -0.15) is 0 Å². The van der Waals surface area contributed by atoms with Crippen LogP contribution in [-0.2, 0) is 11.2 Å². The Balaban J connectivity index is 2.34. The highest BCUT2D eigenvalue weighted by atomic mass is 16.6. The zero-order valence-corrected chi connectivity index (χ0v) is 13.6. The van der Waals surface area contributed by atoms with Crippen LogP contribution in [0, 0.1) is 5.92 Å². The predicted octanol–water partition coefficient (Wildman–Crippen LogP) is 3.76. The van der Waals surface area contributed by atoms with E-state index in [2.05, 4.69) is 19.9 Å². The van der Waals surface area contributed by atoms with E-state index in [0.717, 1.165) is 17.7 Å².